The number of hydrogen-bond donors (Lipinski definition) is 2. The van der Waals surface area contributed by atoms with Crippen molar-refractivity contribution in [2.75, 3.05) is 36.5 Å². The van der Waals surface area contributed by atoms with Gasteiger partial charge < -0.3 is 20.7 Å². The summed E-state index contributed by atoms with van der Waals surface area (Å²) in [5.41, 5.74) is 6.97. The zero-order chi connectivity index (χ0) is 20.7. The van der Waals surface area contributed by atoms with Crippen molar-refractivity contribution in [3.63, 3.8) is 0 Å². The number of morpholine rings is 1. The van der Waals surface area contributed by atoms with Crippen LogP contribution in [0.2, 0.25) is 0 Å². The molecule has 1 aliphatic heterocycles. The average Bonchev–Trinajstić information content (AvgIpc) is 3.13. The third kappa shape index (κ3) is 3.56. The monoisotopic (exact) mass is 415 g/mol. The van der Waals surface area contributed by atoms with E-state index in [4.69, 9.17) is 10.5 Å². The molecule has 0 radical (unpaired) electrons. The highest BCUT2D eigenvalue weighted by atomic mass is 19.3. The molecule has 30 heavy (non-hydrogen) atoms. The zero-order valence-corrected chi connectivity index (χ0v) is 16.3. The van der Waals surface area contributed by atoms with Gasteiger partial charge in [0.25, 0.3) is 6.43 Å². The fourth-order valence-corrected chi connectivity index (χ4v) is 3.95. The van der Waals surface area contributed by atoms with Crippen molar-refractivity contribution in [2.24, 2.45) is 5.73 Å². The second kappa shape index (κ2) is 7.77. The summed E-state index contributed by atoms with van der Waals surface area (Å²) in [7, 11) is 0. The average molecular weight is 415 g/mol. The first kappa shape index (κ1) is 19.1. The summed E-state index contributed by atoms with van der Waals surface area (Å²) < 4.78 is 34.5. The molecule has 2 fully saturated rings. The minimum absolute atomic E-state index is 0.174. The van der Waals surface area contributed by atoms with Crippen molar-refractivity contribution in [3.05, 3.63) is 36.2 Å². The molecule has 3 N–H and O–H groups in total. The van der Waals surface area contributed by atoms with Gasteiger partial charge in [-0.2, -0.15) is 9.97 Å². The standard InChI is InChI=1S/C20H23F2N7O/c21-18(22)19-25-14-3-1-2-4-15(14)29(19)17-11-16(28-5-7-30-8-6-28)26-20(27-17)24-13-9-12(23)10-13/h1-4,11-13,18H,5-10,23H2,(H,24,26,27)/t12-,13-. The van der Waals surface area contributed by atoms with Crippen LogP contribution >= 0.6 is 0 Å². The second-order valence-corrected chi connectivity index (χ2v) is 7.67. The molecule has 0 bridgehead atoms. The fraction of sp³-hybridized carbons (Fsp3) is 0.450. The summed E-state index contributed by atoms with van der Waals surface area (Å²) >= 11 is 0. The summed E-state index contributed by atoms with van der Waals surface area (Å²) in [5.74, 6) is 1.11. The maximum Gasteiger partial charge on any atom is 0.296 e. The Hall–Kier alpha value is -2.85. The van der Waals surface area contributed by atoms with E-state index < -0.39 is 6.43 Å². The molecular formula is C20H23F2N7O. The number of imidazole rings is 1. The Bertz CT molecular complexity index is 1040. The summed E-state index contributed by atoms with van der Waals surface area (Å²) in [6.07, 6.45) is -1.08. The molecule has 158 valence electrons. The number of nitrogens with one attached hydrogen (secondary N) is 1. The molecule has 0 amide bonds. The number of ether oxygens (including phenoxy) is 1. The van der Waals surface area contributed by atoms with Gasteiger partial charge in [0.1, 0.15) is 11.6 Å². The maximum absolute atomic E-state index is 13.8. The van der Waals surface area contributed by atoms with Crippen LogP contribution < -0.4 is 16.0 Å². The topological polar surface area (TPSA) is 94.1 Å². The lowest BCUT2D eigenvalue weighted by Crippen LogP contribution is -2.45. The Kier molecular flexibility index (Phi) is 4.95. The van der Waals surface area contributed by atoms with E-state index in [1.54, 1.807) is 30.3 Å². The van der Waals surface area contributed by atoms with Crippen molar-refractivity contribution in [2.45, 2.75) is 31.4 Å². The highest BCUT2D eigenvalue weighted by Gasteiger charge is 2.28. The molecule has 1 aliphatic carbocycles. The van der Waals surface area contributed by atoms with Crippen LogP contribution in [-0.2, 0) is 4.74 Å². The van der Waals surface area contributed by atoms with E-state index >= 15 is 0 Å². The number of benzene rings is 1. The number of anilines is 2. The number of alkyl halides is 2. The summed E-state index contributed by atoms with van der Waals surface area (Å²) in [5, 5.41) is 3.31. The van der Waals surface area contributed by atoms with Crippen LogP contribution in [0.1, 0.15) is 25.1 Å². The van der Waals surface area contributed by atoms with Gasteiger partial charge >= 0.3 is 0 Å². The number of rotatable bonds is 5. The van der Waals surface area contributed by atoms with Gasteiger partial charge in [0.05, 0.1) is 24.2 Å². The molecule has 0 atom stereocenters. The van der Waals surface area contributed by atoms with Crippen LogP contribution in [0.4, 0.5) is 20.5 Å². The minimum Gasteiger partial charge on any atom is -0.378 e. The van der Waals surface area contributed by atoms with E-state index in [0.29, 0.717) is 54.9 Å². The Balaban J connectivity index is 1.62. The fourth-order valence-electron chi connectivity index (χ4n) is 3.95. The predicted molar refractivity (Wildman–Crippen MR) is 109 cm³/mol. The number of aromatic nitrogens is 4. The Morgan fingerprint density at radius 2 is 1.80 bits per heavy atom. The SMILES string of the molecule is N[C@H]1C[C@H](Nc2nc(N3CCOCC3)cc(-n3c(C(F)F)nc4ccccc43)n2)C1. The smallest absolute Gasteiger partial charge is 0.296 e. The van der Waals surface area contributed by atoms with Gasteiger partial charge in [0, 0.05) is 31.2 Å². The van der Waals surface area contributed by atoms with Gasteiger partial charge in [-0.15, -0.1) is 0 Å². The van der Waals surface area contributed by atoms with E-state index in [1.807, 2.05) is 0 Å². The normalized spacial score (nSPS) is 21.8. The molecule has 3 aromatic rings. The van der Waals surface area contributed by atoms with Gasteiger partial charge in [-0.25, -0.2) is 13.8 Å². The lowest BCUT2D eigenvalue weighted by atomic mass is 9.88. The van der Waals surface area contributed by atoms with Crippen molar-refractivity contribution in [3.8, 4) is 5.82 Å². The minimum atomic E-state index is -2.74. The quantitative estimate of drug-likeness (QED) is 0.661. The van der Waals surface area contributed by atoms with Crippen molar-refractivity contribution < 1.29 is 13.5 Å². The summed E-state index contributed by atoms with van der Waals surface area (Å²) in [6.45, 7) is 2.54. The molecule has 0 unspecified atom stereocenters. The number of nitrogens with two attached hydrogens (primary N) is 1. The molecule has 8 nitrogen and oxygen atoms in total. The van der Waals surface area contributed by atoms with Crippen molar-refractivity contribution >= 4 is 22.8 Å². The third-order valence-electron chi connectivity index (χ3n) is 5.55. The largest absolute Gasteiger partial charge is 0.378 e. The first-order valence-electron chi connectivity index (χ1n) is 10.1. The van der Waals surface area contributed by atoms with E-state index in [2.05, 4.69) is 25.2 Å². The van der Waals surface area contributed by atoms with Crippen LogP contribution in [0.15, 0.2) is 30.3 Å². The number of fused-ring (bicyclic) bond motifs is 1. The van der Waals surface area contributed by atoms with E-state index in [0.717, 1.165) is 12.8 Å². The molecule has 5 rings (SSSR count). The van der Waals surface area contributed by atoms with E-state index in [9.17, 15) is 8.78 Å². The first-order valence-corrected chi connectivity index (χ1v) is 10.1. The maximum atomic E-state index is 13.8. The van der Waals surface area contributed by atoms with Gasteiger partial charge in [-0.1, -0.05) is 12.1 Å². The summed E-state index contributed by atoms with van der Waals surface area (Å²) in [6, 6.07) is 9.16. The Labute approximate surface area is 172 Å². The third-order valence-corrected chi connectivity index (χ3v) is 5.55. The first-order chi connectivity index (χ1) is 14.6. The zero-order valence-electron chi connectivity index (χ0n) is 16.3. The van der Waals surface area contributed by atoms with Crippen LogP contribution in [0.5, 0.6) is 0 Å². The van der Waals surface area contributed by atoms with Gasteiger partial charge in [-0.05, 0) is 25.0 Å². The van der Waals surface area contributed by atoms with Gasteiger partial charge in [-0.3, -0.25) is 4.57 Å². The van der Waals surface area contributed by atoms with E-state index in [-0.39, 0.29) is 17.9 Å². The molecule has 1 aromatic carbocycles. The highest BCUT2D eigenvalue weighted by molar-refractivity contribution is 5.78. The molecule has 1 saturated carbocycles. The van der Waals surface area contributed by atoms with Crippen LogP contribution in [0.25, 0.3) is 16.9 Å². The lowest BCUT2D eigenvalue weighted by molar-refractivity contribution is 0.122. The molecule has 2 aromatic heterocycles. The van der Waals surface area contributed by atoms with Crippen LogP contribution in [-0.4, -0.2) is 57.9 Å². The van der Waals surface area contributed by atoms with Crippen molar-refractivity contribution in [1.82, 2.24) is 19.5 Å². The predicted octanol–water partition coefficient (Wildman–Crippen LogP) is 2.49. The van der Waals surface area contributed by atoms with Crippen molar-refractivity contribution in [1.29, 1.82) is 0 Å². The Morgan fingerprint density at radius 3 is 2.53 bits per heavy atom. The molecular weight excluding hydrogens is 392 g/mol. The van der Waals surface area contributed by atoms with Crippen LogP contribution in [0.3, 0.4) is 0 Å². The number of halogens is 2. The van der Waals surface area contributed by atoms with Crippen LogP contribution in [0, 0.1) is 0 Å². The molecule has 0 spiro atoms. The number of hydrogen-bond acceptors (Lipinski definition) is 7. The molecule has 2 aliphatic rings. The molecule has 1 saturated heterocycles. The van der Waals surface area contributed by atoms with Gasteiger partial charge in [0.2, 0.25) is 5.95 Å². The van der Waals surface area contributed by atoms with E-state index in [1.165, 1.54) is 4.57 Å². The second-order valence-electron chi connectivity index (χ2n) is 7.67. The van der Waals surface area contributed by atoms with Gasteiger partial charge in [0.15, 0.2) is 5.82 Å². The Morgan fingerprint density at radius 1 is 1.07 bits per heavy atom. The molecule has 10 heteroatoms. The number of para-hydroxylation sites is 2. The summed E-state index contributed by atoms with van der Waals surface area (Å²) in [4.78, 5) is 15.5. The lowest BCUT2D eigenvalue weighted by Gasteiger charge is -2.33. The highest BCUT2D eigenvalue weighted by Crippen LogP contribution is 2.30. The number of nitrogens with zero attached hydrogens (tertiary/aromatic N) is 5. The molecule has 3 heterocycles.